The number of nitrogens with zero attached hydrogens (tertiary/aromatic N) is 3. The summed E-state index contributed by atoms with van der Waals surface area (Å²) in [6.07, 6.45) is 1.18. The molecule has 3 rings (SSSR count). The van der Waals surface area contributed by atoms with Crippen LogP contribution < -0.4 is 20.3 Å². The van der Waals surface area contributed by atoms with E-state index in [0.717, 1.165) is 44.4 Å². The molecule has 2 heterocycles. The Morgan fingerprint density at radius 1 is 1.25 bits per heavy atom. The number of benzene rings is 1. The van der Waals surface area contributed by atoms with Gasteiger partial charge in [0.1, 0.15) is 5.75 Å². The summed E-state index contributed by atoms with van der Waals surface area (Å²) in [5, 5.41) is 7.21. The fourth-order valence-corrected chi connectivity index (χ4v) is 4.33. The third-order valence-electron chi connectivity index (χ3n) is 6.19. The smallest absolute Gasteiger partial charge is 0.191 e. The van der Waals surface area contributed by atoms with E-state index in [4.69, 9.17) is 4.74 Å². The van der Waals surface area contributed by atoms with E-state index >= 15 is 0 Å². The highest BCUT2D eigenvalue weighted by atomic mass is 16.5. The zero-order valence-electron chi connectivity index (χ0n) is 18.1. The number of ether oxygens (including phenoxy) is 1. The first-order valence-corrected chi connectivity index (χ1v) is 10.6. The van der Waals surface area contributed by atoms with Crippen molar-refractivity contribution in [2.24, 2.45) is 16.8 Å². The summed E-state index contributed by atoms with van der Waals surface area (Å²) in [4.78, 5) is 9.43. The highest BCUT2D eigenvalue weighted by molar-refractivity contribution is 5.80. The van der Waals surface area contributed by atoms with Crippen molar-refractivity contribution in [3.05, 3.63) is 24.3 Å². The molecule has 2 fully saturated rings. The number of hydrogen-bond acceptors (Lipinski definition) is 4. The molecule has 0 aromatic heterocycles. The molecule has 0 saturated carbocycles. The van der Waals surface area contributed by atoms with E-state index in [0.29, 0.717) is 23.9 Å². The van der Waals surface area contributed by atoms with Crippen LogP contribution in [-0.2, 0) is 0 Å². The molecule has 6 nitrogen and oxygen atoms in total. The van der Waals surface area contributed by atoms with Gasteiger partial charge in [-0.25, -0.2) is 0 Å². The molecule has 28 heavy (non-hydrogen) atoms. The molecule has 1 aromatic rings. The van der Waals surface area contributed by atoms with Crippen molar-refractivity contribution in [3.63, 3.8) is 0 Å². The van der Waals surface area contributed by atoms with Crippen LogP contribution in [0.15, 0.2) is 29.3 Å². The first-order valence-electron chi connectivity index (χ1n) is 10.6. The largest absolute Gasteiger partial charge is 0.495 e. The second-order valence-electron chi connectivity index (χ2n) is 8.50. The van der Waals surface area contributed by atoms with Crippen LogP contribution in [0.4, 0.5) is 5.69 Å². The van der Waals surface area contributed by atoms with Crippen LogP contribution in [0.3, 0.4) is 0 Å². The Hall–Kier alpha value is -1.95. The summed E-state index contributed by atoms with van der Waals surface area (Å²) < 4.78 is 5.53. The van der Waals surface area contributed by atoms with Gasteiger partial charge in [0.05, 0.1) is 12.8 Å². The van der Waals surface area contributed by atoms with Gasteiger partial charge in [-0.05, 0) is 44.2 Å². The summed E-state index contributed by atoms with van der Waals surface area (Å²) in [7, 11) is 3.61. The number of rotatable bonds is 6. The molecule has 0 spiro atoms. The van der Waals surface area contributed by atoms with Crippen molar-refractivity contribution in [1.82, 2.24) is 15.5 Å². The molecule has 0 bridgehead atoms. The predicted octanol–water partition coefficient (Wildman–Crippen LogP) is 2.42. The number of anilines is 1. The highest BCUT2D eigenvalue weighted by Crippen LogP contribution is 2.31. The van der Waals surface area contributed by atoms with Crippen LogP contribution in [0, 0.1) is 11.8 Å². The quantitative estimate of drug-likeness (QED) is 0.580. The number of likely N-dealkylation sites (tertiary alicyclic amines) is 1. The lowest BCUT2D eigenvalue weighted by molar-refractivity contribution is 0.265. The summed E-state index contributed by atoms with van der Waals surface area (Å²) in [5.74, 6) is 3.13. The van der Waals surface area contributed by atoms with Gasteiger partial charge in [-0.15, -0.1) is 0 Å². The molecule has 3 unspecified atom stereocenters. The second-order valence-corrected chi connectivity index (χ2v) is 8.50. The third-order valence-corrected chi connectivity index (χ3v) is 6.19. The SMILES string of the molecule is CN=C(NCC1CCN(c2ccccc2OC)C1)NC1CN(C(C)C)CC1C. The molecule has 2 N–H and O–H groups in total. The number of nitrogens with one attached hydrogen (secondary N) is 2. The minimum Gasteiger partial charge on any atom is -0.495 e. The normalized spacial score (nSPS) is 26.1. The van der Waals surface area contributed by atoms with Gasteiger partial charge in [0.25, 0.3) is 0 Å². The molecule has 3 atom stereocenters. The van der Waals surface area contributed by atoms with Gasteiger partial charge in [-0.1, -0.05) is 19.1 Å². The van der Waals surface area contributed by atoms with E-state index in [1.165, 1.54) is 12.1 Å². The van der Waals surface area contributed by atoms with Crippen molar-refractivity contribution in [3.8, 4) is 5.75 Å². The maximum atomic E-state index is 5.53. The zero-order valence-corrected chi connectivity index (χ0v) is 18.1. The molecule has 1 aromatic carbocycles. The number of aliphatic imine (C=N–C) groups is 1. The van der Waals surface area contributed by atoms with Crippen molar-refractivity contribution >= 4 is 11.6 Å². The van der Waals surface area contributed by atoms with Crippen LogP contribution >= 0.6 is 0 Å². The monoisotopic (exact) mass is 387 g/mol. The maximum absolute atomic E-state index is 5.53. The number of guanidine groups is 1. The Morgan fingerprint density at radius 3 is 2.71 bits per heavy atom. The van der Waals surface area contributed by atoms with Crippen molar-refractivity contribution in [2.75, 3.05) is 51.8 Å². The molecule has 156 valence electrons. The number of hydrogen-bond donors (Lipinski definition) is 2. The first kappa shape index (κ1) is 20.8. The molecule has 0 radical (unpaired) electrons. The first-order chi connectivity index (χ1) is 13.5. The van der Waals surface area contributed by atoms with Gasteiger partial charge < -0.3 is 20.3 Å². The molecule has 0 aliphatic carbocycles. The van der Waals surface area contributed by atoms with E-state index in [1.54, 1.807) is 7.11 Å². The summed E-state index contributed by atoms with van der Waals surface area (Å²) >= 11 is 0. The van der Waals surface area contributed by atoms with Crippen LogP contribution in [0.1, 0.15) is 27.2 Å². The van der Waals surface area contributed by atoms with Gasteiger partial charge in [0.15, 0.2) is 5.96 Å². The van der Waals surface area contributed by atoms with Crippen molar-refractivity contribution in [2.45, 2.75) is 39.3 Å². The standard InChI is InChI=1S/C22H37N5O/c1-16(2)27-13-17(3)19(15-27)25-22(23-4)24-12-18-10-11-26(14-18)20-8-6-7-9-21(20)28-5/h6-9,16-19H,10-15H2,1-5H3,(H2,23,24,25). The van der Waals surface area contributed by atoms with E-state index in [1.807, 2.05) is 19.2 Å². The van der Waals surface area contributed by atoms with Crippen LogP contribution in [-0.4, -0.2) is 69.8 Å². The molecule has 2 saturated heterocycles. The van der Waals surface area contributed by atoms with E-state index in [-0.39, 0.29) is 0 Å². The van der Waals surface area contributed by atoms with Crippen LogP contribution in [0.2, 0.25) is 0 Å². The van der Waals surface area contributed by atoms with E-state index in [2.05, 4.69) is 58.3 Å². The molecule has 0 amide bonds. The lowest BCUT2D eigenvalue weighted by Crippen LogP contribution is -2.48. The third kappa shape index (κ3) is 4.90. The average molecular weight is 388 g/mol. The lowest BCUT2D eigenvalue weighted by atomic mass is 10.1. The molecular weight excluding hydrogens is 350 g/mol. The zero-order chi connectivity index (χ0) is 20.1. The Balaban J connectivity index is 1.48. The van der Waals surface area contributed by atoms with Gasteiger partial charge in [0, 0.05) is 51.9 Å². The Bertz CT molecular complexity index is 662. The molecule has 2 aliphatic rings. The highest BCUT2D eigenvalue weighted by Gasteiger charge is 2.31. The lowest BCUT2D eigenvalue weighted by Gasteiger charge is -2.23. The van der Waals surface area contributed by atoms with E-state index in [9.17, 15) is 0 Å². The molecular formula is C22H37N5O. The Kier molecular flexibility index (Phi) is 7.05. The fourth-order valence-electron chi connectivity index (χ4n) is 4.33. The van der Waals surface area contributed by atoms with Crippen LogP contribution in [0.5, 0.6) is 5.75 Å². The van der Waals surface area contributed by atoms with Gasteiger partial charge in [-0.2, -0.15) is 0 Å². The Labute approximate surface area is 170 Å². The summed E-state index contributed by atoms with van der Waals surface area (Å²) in [6, 6.07) is 9.36. The number of methoxy groups -OCH3 is 1. The van der Waals surface area contributed by atoms with Gasteiger partial charge >= 0.3 is 0 Å². The average Bonchev–Trinajstić information content (AvgIpc) is 3.32. The van der Waals surface area contributed by atoms with Crippen molar-refractivity contribution in [1.29, 1.82) is 0 Å². The van der Waals surface area contributed by atoms with Gasteiger partial charge in [-0.3, -0.25) is 9.89 Å². The van der Waals surface area contributed by atoms with E-state index < -0.39 is 0 Å². The fraction of sp³-hybridized carbons (Fsp3) is 0.682. The predicted molar refractivity (Wildman–Crippen MR) is 117 cm³/mol. The summed E-state index contributed by atoms with van der Waals surface area (Å²) in [5.41, 5.74) is 1.20. The Morgan fingerprint density at radius 2 is 2.04 bits per heavy atom. The minimum absolute atomic E-state index is 0.460. The van der Waals surface area contributed by atoms with Crippen LogP contribution in [0.25, 0.3) is 0 Å². The number of para-hydroxylation sites is 2. The topological polar surface area (TPSA) is 52.1 Å². The maximum Gasteiger partial charge on any atom is 0.191 e. The molecule has 2 aliphatic heterocycles. The second kappa shape index (κ2) is 9.50. The summed E-state index contributed by atoms with van der Waals surface area (Å²) in [6.45, 7) is 12.2. The minimum atomic E-state index is 0.460. The molecule has 6 heteroatoms. The van der Waals surface area contributed by atoms with Gasteiger partial charge in [0.2, 0.25) is 0 Å². The van der Waals surface area contributed by atoms with Crippen molar-refractivity contribution < 1.29 is 4.74 Å².